The fourth-order valence-electron chi connectivity index (χ4n) is 6.42. The zero-order valence-corrected chi connectivity index (χ0v) is 22.0. The molecule has 0 N–H and O–H groups in total. The van der Waals surface area contributed by atoms with Gasteiger partial charge in [0.2, 0.25) is 0 Å². The van der Waals surface area contributed by atoms with E-state index in [1.165, 1.54) is 76.8 Å². The molecule has 0 radical (unpaired) electrons. The monoisotopic (exact) mass is 506 g/mol. The van der Waals surface area contributed by atoms with Crippen LogP contribution in [0.1, 0.15) is 0 Å². The third kappa shape index (κ3) is 3.54. The summed E-state index contributed by atoms with van der Waals surface area (Å²) in [5.74, 6) is 0. The fourth-order valence-corrected chi connectivity index (χ4v) is 6.42. The van der Waals surface area contributed by atoms with Crippen LogP contribution in [0, 0.1) is 0 Å². The molecule has 0 aliphatic heterocycles. The maximum atomic E-state index is 2.43. The van der Waals surface area contributed by atoms with E-state index in [2.05, 4.69) is 158 Å². The van der Waals surface area contributed by atoms with Crippen molar-refractivity contribution in [1.82, 2.24) is 0 Å². The van der Waals surface area contributed by atoms with Gasteiger partial charge in [-0.1, -0.05) is 140 Å². The summed E-state index contributed by atoms with van der Waals surface area (Å²) >= 11 is 0. The van der Waals surface area contributed by atoms with Crippen LogP contribution in [0.3, 0.4) is 0 Å². The molecule has 0 saturated carbocycles. The van der Waals surface area contributed by atoms with Gasteiger partial charge in [-0.2, -0.15) is 0 Å². The molecular formula is C40H26. The fraction of sp³-hybridized carbons (Fsp3) is 0. The maximum Gasteiger partial charge on any atom is -0.00134 e. The molecular weight excluding hydrogens is 480 g/mol. The molecule has 0 nitrogen and oxygen atoms in total. The molecule has 0 aliphatic carbocycles. The van der Waals surface area contributed by atoms with Crippen LogP contribution in [-0.4, -0.2) is 0 Å². The summed E-state index contributed by atoms with van der Waals surface area (Å²) in [6.45, 7) is 0. The van der Waals surface area contributed by atoms with E-state index in [1.807, 2.05) is 0 Å². The predicted molar refractivity (Wildman–Crippen MR) is 172 cm³/mol. The molecule has 0 bridgehead atoms. The van der Waals surface area contributed by atoms with Gasteiger partial charge in [0.25, 0.3) is 0 Å². The van der Waals surface area contributed by atoms with Gasteiger partial charge >= 0.3 is 0 Å². The van der Waals surface area contributed by atoms with Crippen molar-refractivity contribution in [3.05, 3.63) is 158 Å². The molecule has 186 valence electrons. The standard InChI is InChI=1S/C40H26/c1-5-14-27(15-6-1)33-25-37-35(29-18-9-3-10-19-29)24-36(30-20-11-4-12-21-30)38-26-34(28-16-7-2-8-17-28)32-23-13-22-31(33)39(32)40(37)38/h1-26H. The SMILES string of the molecule is c1ccc(-c2cc3c(-c4ccccc4)cc(-c4ccccc4)c4cc(-c5ccccc5)c5cccc2c5c34)cc1. The Labute approximate surface area is 234 Å². The van der Waals surface area contributed by atoms with Crippen LogP contribution in [0.4, 0.5) is 0 Å². The summed E-state index contributed by atoms with van der Waals surface area (Å²) in [6, 6.07) is 57.4. The molecule has 0 fully saturated rings. The molecule has 0 amide bonds. The van der Waals surface area contributed by atoms with Crippen molar-refractivity contribution in [3.8, 4) is 44.5 Å². The first-order chi connectivity index (χ1) is 19.9. The Balaban J connectivity index is 1.64. The van der Waals surface area contributed by atoms with Gasteiger partial charge in [-0.25, -0.2) is 0 Å². The van der Waals surface area contributed by atoms with Gasteiger partial charge in [0, 0.05) is 0 Å². The van der Waals surface area contributed by atoms with Crippen molar-refractivity contribution in [2.75, 3.05) is 0 Å². The summed E-state index contributed by atoms with van der Waals surface area (Å²) in [4.78, 5) is 0. The molecule has 0 aromatic heterocycles. The molecule has 0 unspecified atom stereocenters. The third-order valence-electron chi connectivity index (χ3n) is 8.22. The second-order valence-corrected chi connectivity index (χ2v) is 10.5. The van der Waals surface area contributed by atoms with Crippen LogP contribution >= 0.6 is 0 Å². The minimum absolute atomic E-state index is 1.24. The van der Waals surface area contributed by atoms with Gasteiger partial charge in [0.1, 0.15) is 0 Å². The Morgan fingerprint density at radius 2 is 0.525 bits per heavy atom. The van der Waals surface area contributed by atoms with Gasteiger partial charge < -0.3 is 0 Å². The Hall–Kier alpha value is -5.20. The minimum atomic E-state index is 1.24. The van der Waals surface area contributed by atoms with E-state index in [1.54, 1.807) is 0 Å². The Morgan fingerprint density at radius 1 is 0.225 bits per heavy atom. The molecule has 0 atom stereocenters. The molecule has 40 heavy (non-hydrogen) atoms. The maximum absolute atomic E-state index is 2.43. The summed E-state index contributed by atoms with van der Waals surface area (Å²) in [7, 11) is 0. The highest BCUT2D eigenvalue weighted by Crippen LogP contribution is 2.49. The summed E-state index contributed by atoms with van der Waals surface area (Å²) in [5, 5.41) is 7.85. The Kier molecular flexibility index (Phi) is 5.24. The second kappa shape index (κ2) is 9.22. The minimum Gasteiger partial charge on any atom is -0.0622 e. The van der Waals surface area contributed by atoms with Gasteiger partial charge in [-0.05, 0) is 95.0 Å². The highest BCUT2D eigenvalue weighted by Gasteiger charge is 2.21. The van der Waals surface area contributed by atoms with Crippen molar-refractivity contribution < 1.29 is 0 Å². The zero-order chi connectivity index (χ0) is 26.5. The molecule has 8 aromatic carbocycles. The van der Waals surface area contributed by atoms with Crippen molar-refractivity contribution in [2.24, 2.45) is 0 Å². The molecule has 0 aliphatic rings. The largest absolute Gasteiger partial charge is 0.0622 e. The van der Waals surface area contributed by atoms with Crippen LogP contribution in [0.25, 0.3) is 76.8 Å². The quantitative estimate of drug-likeness (QED) is 0.208. The van der Waals surface area contributed by atoms with E-state index in [-0.39, 0.29) is 0 Å². The van der Waals surface area contributed by atoms with Crippen molar-refractivity contribution >= 4 is 32.3 Å². The third-order valence-corrected chi connectivity index (χ3v) is 8.22. The van der Waals surface area contributed by atoms with Crippen molar-refractivity contribution in [2.45, 2.75) is 0 Å². The molecule has 8 aromatic rings. The average Bonchev–Trinajstić information content (AvgIpc) is 3.04. The van der Waals surface area contributed by atoms with Crippen LogP contribution in [-0.2, 0) is 0 Å². The van der Waals surface area contributed by atoms with Crippen molar-refractivity contribution in [3.63, 3.8) is 0 Å². The highest BCUT2D eigenvalue weighted by molar-refractivity contribution is 6.33. The number of hydrogen-bond donors (Lipinski definition) is 0. The Morgan fingerprint density at radius 3 is 0.875 bits per heavy atom. The number of rotatable bonds is 4. The summed E-state index contributed by atoms with van der Waals surface area (Å²) < 4.78 is 0. The van der Waals surface area contributed by atoms with E-state index in [0.29, 0.717) is 0 Å². The van der Waals surface area contributed by atoms with Gasteiger partial charge in [-0.15, -0.1) is 0 Å². The van der Waals surface area contributed by atoms with E-state index in [9.17, 15) is 0 Å². The first kappa shape index (κ1) is 22.8. The van der Waals surface area contributed by atoms with Crippen LogP contribution in [0.5, 0.6) is 0 Å². The topological polar surface area (TPSA) is 0 Å². The van der Waals surface area contributed by atoms with Crippen LogP contribution in [0.2, 0.25) is 0 Å². The highest BCUT2D eigenvalue weighted by atomic mass is 14.2. The smallest absolute Gasteiger partial charge is 0.00134 e. The zero-order valence-electron chi connectivity index (χ0n) is 22.0. The van der Waals surface area contributed by atoms with E-state index >= 15 is 0 Å². The Bertz CT molecular complexity index is 1960. The van der Waals surface area contributed by atoms with Gasteiger partial charge in [0.15, 0.2) is 0 Å². The lowest BCUT2D eigenvalue weighted by molar-refractivity contribution is 1.62. The molecule has 8 rings (SSSR count). The van der Waals surface area contributed by atoms with E-state index < -0.39 is 0 Å². The first-order valence-corrected chi connectivity index (χ1v) is 13.9. The molecule has 0 spiro atoms. The summed E-state index contributed by atoms with van der Waals surface area (Å²) in [5.41, 5.74) is 10.0. The lowest BCUT2D eigenvalue weighted by Gasteiger charge is -2.22. The lowest BCUT2D eigenvalue weighted by Crippen LogP contribution is -1.95. The van der Waals surface area contributed by atoms with Gasteiger partial charge in [0.05, 0.1) is 0 Å². The normalized spacial score (nSPS) is 11.5. The molecule has 0 heteroatoms. The number of hydrogen-bond acceptors (Lipinski definition) is 0. The lowest BCUT2D eigenvalue weighted by atomic mass is 9.81. The van der Waals surface area contributed by atoms with E-state index in [0.717, 1.165) is 0 Å². The first-order valence-electron chi connectivity index (χ1n) is 13.9. The molecule has 0 saturated heterocycles. The predicted octanol–water partition coefficient (Wildman–Crippen LogP) is 11.3. The van der Waals surface area contributed by atoms with Crippen LogP contribution < -0.4 is 0 Å². The van der Waals surface area contributed by atoms with E-state index in [4.69, 9.17) is 0 Å². The van der Waals surface area contributed by atoms with Gasteiger partial charge in [-0.3, -0.25) is 0 Å². The molecule has 0 heterocycles. The van der Waals surface area contributed by atoms with Crippen LogP contribution in [0.15, 0.2) is 158 Å². The van der Waals surface area contributed by atoms with Crippen molar-refractivity contribution in [1.29, 1.82) is 0 Å². The summed E-state index contributed by atoms with van der Waals surface area (Å²) in [6.07, 6.45) is 0. The average molecular weight is 507 g/mol. The number of benzene rings is 8. The second-order valence-electron chi connectivity index (χ2n) is 10.5.